The van der Waals surface area contributed by atoms with E-state index in [0.29, 0.717) is 13.0 Å². The summed E-state index contributed by atoms with van der Waals surface area (Å²) in [6.45, 7) is 0.668. The van der Waals surface area contributed by atoms with E-state index in [-0.39, 0.29) is 35.4 Å². The molecule has 0 bridgehead atoms. The molecule has 1 amide bonds. The van der Waals surface area contributed by atoms with Crippen LogP contribution in [0.3, 0.4) is 0 Å². The quantitative estimate of drug-likeness (QED) is 0.808. The number of hydrogen-bond acceptors (Lipinski definition) is 2. The van der Waals surface area contributed by atoms with Crippen molar-refractivity contribution in [3.05, 3.63) is 28.8 Å². The Labute approximate surface area is 126 Å². The van der Waals surface area contributed by atoms with E-state index in [9.17, 15) is 18.0 Å². The van der Waals surface area contributed by atoms with Crippen LogP contribution in [0.4, 0.5) is 18.9 Å². The first kappa shape index (κ1) is 19.0. The minimum Gasteiger partial charge on any atom is -0.326 e. The van der Waals surface area contributed by atoms with Crippen molar-refractivity contribution in [1.82, 2.24) is 5.32 Å². The van der Waals surface area contributed by atoms with E-state index in [0.717, 1.165) is 12.1 Å². The summed E-state index contributed by atoms with van der Waals surface area (Å²) in [5.74, 6) is -0.328. The highest BCUT2D eigenvalue weighted by molar-refractivity contribution is 6.31. The zero-order valence-corrected chi connectivity index (χ0v) is 12.3. The molecule has 0 atom stereocenters. The van der Waals surface area contributed by atoms with Gasteiger partial charge in [0.2, 0.25) is 5.91 Å². The fraction of sp³-hybridized carbons (Fsp3) is 0.417. The minimum atomic E-state index is -4.54. The molecule has 0 aliphatic rings. The molecular formula is C12H15Cl2F3N2O. The zero-order chi connectivity index (χ0) is 14.5. The summed E-state index contributed by atoms with van der Waals surface area (Å²) in [4.78, 5) is 11.5. The number of anilines is 1. The number of carbonyl (C=O) groups excluding carboxylic acids is 1. The van der Waals surface area contributed by atoms with Crippen LogP contribution in [-0.4, -0.2) is 19.5 Å². The molecule has 114 valence electrons. The standard InChI is InChI=1S/C12H14ClF3N2O.ClH/c1-17-6-2-3-11(19)18-8-4-5-10(13)9(7-8)12(14,15)16;/h4-5,7,17H,2-3,6H2,1H3,(H,18,19);1H. The van der Waals surface area contributed by atoms with E-state index in [1.807, 2.05) is 0 Å². The van der Waals surface area contributed by atoms with Gasteiger partial charge in [0.05, 0.1) is 10.6 Å². The van der Waals surface area contributed by atoms with Gasteiger partial charge in [-0.25, -0.2) is 0 Å². The van der Waals surface area contributed by atoms with Crippen molar-refractivity contribution < 1.29 is 18.0 Å². The monoisotopic (exact) mass is 330 g/mol. The number of rotatable bonds is 5. The Hall–Kier alpha value is -0.980. The molecule has 0 aliphatic heterocycles. The number of nitrogens with one attached hydrogen (secondary N) is 2. The maximum Gasteiger partial charge on any atom is 0.417 e. The molecule has 1 aromatic rings. The lowest BCUT2D eigenvalue weighted by atomic mass is 10.2. The van der Waals surface area contributed by atoms with Gasteiger partial charge in [-0.15, -0.1) is 12.4 Å². The van der Waals surface area contributed by atoms with Gasteiger partial charge >= 0.3 is 6.18 Å². The number of halogens is 5. The van der Waals surface area contributed by atoms with Gasteiger partial charge in [0.1, 0.15) is 0 Å². The third kappa shape index (κ3) is 5.98. The molecule has 0 saturated carbocycles. The normalized spacial score (nSPS) is 10.8. The van der Waals surface area contributed by atoms with E-state index in [1.54, 1.807) is 7.05 Å². The van der Waals surface area contributed by atoms with Gasteiger partial charge in [0.25, 0.3) is 0 Å². The summed E-state index contributed by atoms with van der Waals surface area (Å²) in [6.07, 6.45) is -3.68. The van der Waals surface area contributed by atoms with Crippen molar-refractivity contribution in [2.45, 2.75) is 19.0 Å². The van der Waals surface area contributed by atoms with Gasteiger partial charge in [-0.1, -0.05) is 11.6 Å². The summed E-state index contributed by atoms with van der Waals surface area (Å²) in [5.41, 5.74) is -0.867. The topological polar surface area (TPSA) is 41.1 Å². The fourth-order valence-corrected chi connectivity index (χ4v) is 1.69. The van der Waals surface area contributed by atoms with Crippen LogP contribution in [0.2, 0.25) is 5.02 Å². The predicted molar refractivity (Wildman–Crippen MR) is 75.5 cm³/mol. The number of amides is 1. The zero-order valence-electron chi connectivity index (χ0n) is 10.7. The van der Waals surface area contributed by atoms with Crippen molar-refractivity contribution in [3.63, 3.8) is 0 Å². The predicted octanol–water partition coefficient (Wildman–Crippen LogP) is 3.72. The van der Waals surface area contributed by atoms with E-state index in [2.05, 4.69) is 10.6 Å². The van der Waals surface area contributed by atoms with Crippen LogP contribution in [0, 0.1) is 0 Å². The molecule has 1 rings (SSSR count). The van der Waals surface area contributed by atoms with Crippen LogP contribution in [0.25, 0.3) is 0 Å². The maximum atomic E-state index is 12.6. The molecule has 0 radical (unpaired) electrons. The highest BCUT2D eigenvalue weighted by atomic mass is 35.5. The number of hydrogen-bond donors (Lipinski definition) is 2. The van der Waals surface area contributed by atoms with Gasteiger partial charge in [0.15, 0.2) is 0 Å². The van der Waals surface area contributed by atoms with E-state index < -0.39 is 11.7 Å². The van der Waals surface area contributed by atoms with Crippen LogP contribution in [-0.2, 0) is 11.0 Å². The van der Waals surface area contributed by atoms with Gasteiger partial charge < -0.3 is 10.6 Å². The van der Waals surface area contributed by atoms with Crippen LogP contribution < -0.4 is 10.6 Å². The Bertz CT molecular complexity index is 453. The SMILES string of the molecule is CNCCCC(=O)Nc1ccc(Cl)c(C(F)(F)F)c1.Cl. The third-order valence-corrected chi connectivity index (χ3v) is 2.72. The third-order valence-electron chi connectivity index (χ3n) is 2.39. The first-order valence-electron chi connectivity index (χ1n) is 5.66. The summed E-state index contributed by atoms with van der Waals surface area (Å²) in [5, 5.41) is 4.90. The molecule has 3 nitrogen and oxygen atoms in total. The first-order valence-corrected chi connectivity index (χ1v) is 6.03. The largest absolute Gasteiger partial charge is 0.417 e. The van der Waals surface area contributed by atoms with Gasteiger partial charge in [0, 0.05) is 12.1 Å². The Morgan fingerprint density at radius 1 is 1.35 bits per heavy atom. The molecule has 0 aromatic heterocycles. The van der Waals surface area contributed by atoms with Crippen LogP contribution >= 0.6 is 24.0 Å². The first-order chi connectivity index (χ1) is 8.84. The Kier molecular flexibility index (Phi) is 7.93. The molecule has 2 N–H and O–H groups in total. The molecule has 1 aromatic carbocycles. The summed E-state index contributed by atoms with van der Waals surface area (Å²) >= 11 is 5.48. The van der Waals surface area contributed by atoms with Crippen molar-refractivity contribution in [2.24, 2.45) is 0 Å². The fourth-order valence-electron chi connectivity index (χ4n) is 1.47. The molecule has 8 heteroatoms. The lowest BCUT2D eigenvalue weighted by Crippen LogP contribution is -2.16. The Balaban J connectivity index is 0.00000361. The summed E-state index contributed by atoms with van der Waals surface area (Å²) in [6, 6.07) is 3.29. The smallest absolute Gasteiger partial charge is 0.326 e. The molecule has 20 heavy (non-hydrogen) atoms. The Morgan fingerprint density at radius 2 is 2.00 bits per heavy atom. The highest BCUT2D eigenvalue weighted by Gasteiger charge is 2.33. The Morgan fingerprint density at radius 3 is 2.55 bits per heavy atom. The molecule has 0 saturated heterocycles. The van der Waals surface area contributed by atoms with Crippen molar-refractivity contribution >= 4 is 35.6 Å². The number of carbonyl (C=O) groups is 1. The molecule has 0 aliphatic carbocycles. The molecule has 0 heterocycles. The molecule has 0 unspecified atom stereocenters. The molecule has 0 fully saturated rings. The second kappa shape index (κ2) is 8.34. The second-order valence-corrected chi connectivity index (χ2v) is 4.35. The molecule has 0 spiro atoms. The van der Waals surface area contributed by atoms with Crippen LogP contribution in [0.15, 0.2) is 18.2 Å². The highest BCUT2D eigenvalue weighted by Crippen LogP contribution is 2.36. The minimum absolute atomic E-state index is 0. The van der Waals surface area contributed by atoms with Crippen molar-refractivity contribution in [1.29, 1.82) is 0 Å². The van der Waals surface area contributed by atoms with Crippen molar-refractivity contribution in [2.75, 3.05) is 18.9 Å². The summed E-state index contributed by atoms with van der Waals surface area (Å²) < 4.78 is 37.8. The average Bonchev–Trinajstić information content (AvgIpc) is 2.30. The van der Waals surface area contributed by atoms with E-state index >= 15 is 0 Å². The summed E-state index contributed by atoms with van der Waals surface area (Å²) in [7, 11) is 1.76. The van der Waals surface area contributed by atoms with Gasteiger partial charge in [-0.3, -0.25) is 4.79 Å². The van der Waals surface area contributed by atoms with Crippen molar-refractivity contribution in [3.8, 4) is 0 Å². The number of alkyl halides is 3. The lowest BCUT2D eigenvalue weighted by molar-refractivity contribution is -0.137. The van der Waals surface area contributed by atoms with Gasteiger partial charge in [-0.2, -0.15) is 13.2 Å². The van der Waals surface area contributed by atoms with Crippen LogP contribution in [0.5, 0.6) is 0 Å². The molecular weight excluding hydrogens is 316 g/mol. The van der Waals surface area contributed by atoms with Crippen LogP contribution in [0.1, 0.15) is 18.4 Å². The second-order valence-electron chi connectivity index (χ2n) is 3.95. The van der Waals surface area contributed by atoms with E-state index in [1.165, 1.54) is 6.07 Å². The van der Waals surface area contributed by atoms with E-state index in [4.69, 9.17) is 11.6 Å². The lowest BCUT2D eigenvalue weighted by Gasteiger charge is -2.11. The maximum absolute atomic E-state index is 12.6. The van der Waals surface area contributed by atoms with Gasteiger partial charge in [-0.05, 0) is 38.2 Å². The average molecular weight is 331 g/mol. The number of benzene rings is 1.